The average molecular weight is 268 g/mol. The number of nitrogens with one attached hydrogen (secondary N) is 1. The molecule has 1 amide bonds. The van der Waals surface area contributed by atoms with E-state index in [1.807, 2.05) is 31.2 Å². The molecule has 1 aromatic carbocycles. The topological polar surface area (TPSA) is 42.0 Å². The largest absolute Gasteiger partial charge is 0.348 e. The van der Waals surface area contributed by atoms with E-state index in [0.717, 1.165) is 11.3 Å². The third kappa shape index (κ3) is 3.67. The van der Waals surface area contributed by atoms with E-state index in [-0.39, 0.29) is 11.9 Å². The molecule has 3 nitrogen and oxygen atoms in total. The molecule has 3 heteroatoms. The molecule has 0 radical (unpaired) electrons. The van der Waals surface area contributed by atoms with Gasteiger partial charge in [-0.3, -0.25) is 9.78 Å². The van der Waals surface area contributed by atoms with Gasteiger partial charge in [0.25, 0.3) is 0 Å². The quantitative estimate of drug-likeness (QED) is 0.925. The van der Waals surface area contributed by atoms with Crippen molar-refractivity contribution < 1.29 is 4.79 Å². The predicted octanol–water partition coefficient (Wildman–Crippen LogP) is 3.12. The summed E-state index contributed by atoms with van der Waals surface area (Å²) < 4.78 is 0. The van der Waals surface area contributed by atoms with Crippen LogP contribution in [0.2, 0.25) is 0 Å². The first-order valence-electron chi connectivity index (χ1n) is 6.82. The summed E-state index contributed by atoms with van der Waals surface area (Å²) in [6.07, 6.45) is 2.14. The fraction of sp³-hybridized carbons (Fsp3) is 0.294. The van der Waals surface area contributed by atoms with E-state index in [0.29, 0.717) is 6.42 Å². The number of pyridine rings is 1. The Morgan fingerprint density at radius 3 is 2.65 bits per heavy atom. The van der Waals surface area contributed by atoms with Crippen molar-refractivity contribution in [2.75, 3.05) is 0 Å². The molecule has 2 aromatic rings. The molecule has 2 rings (SSSR count). The van der Waals surface area contributed by atoms with Crippen LogP contribution in [0.5, 0.6) is 0 Å². The fourth-order valence-corrected chi connectivity index (χ4v) is 2.10. The van der Waals surface area contributed by atoms with Gasteiger partial charge in [0.1, 0.15) is 0 Å². The highest BCUT2D eigenvalue weighted by Gasteiger charge is 2.11. The van der Waals surface area contributed by atoms with Crippen molar-refractivity contribution in [3.05, 3.63) is 65.0 Å². The first kappa shape index (κ1) is 14.3. The lowest BCUT2D eigenvalue weighted by Crippen LogP contribution is -2.28. The summed E-state index contributed by atoms with van der Waals surface area (Å²) in [7, 11) is 0. The Morgan fingerprint density at radius 1 is 1.20 bits per heavy atom. The zero-order valence-electron chi connectivity index (χ0n) is 12.2. The van der Waals surface area contributed by atoms with Gasteiger partial charge >= 0.3 is 0 Å². The second-order valence-electron chi connectivity index (χ2n) is 5.14. The Kier molecular flexibility index (Phi) is 4.51. The Labute approximate surface area is 120 Å². The third-order valence-corrected chi connectivity index (χ3v) is 3.44. The van der Waals surface area contributed by atoms with Gasteiger partial charge in [0.15, 0.2) is 0 Å². The molecule has 0 unspecified atom stereocenters. The van der Waals surface area contributed by atoms with Gasteiger partial charge in [-0.1, -0.05) is 24.3 Å². The third-order valence-electron chi connectivity index (χ3n) is 3.44. The van der Waals surface area contributed by atoms with E-state index < -0.39 is 0 Å². The molecule has 0 bridgehead atoms. The number of hydrogen-bond acceptors (Lipinski definition) is 2. The molecule has 1 N–H and O–H groups in total. The summed E-state index contributed by atoms with van der Waals surface area (Å²) in [6.45, 7) is 6.08. The van der Waals surface area contributed by atoms with Crippen LogP contribution in [-0.4, -0.2) is 10.9 Å². The van der Waals surface area contributed by atoms with Crippen molar-refractivity contribution in [2.24, 2.45) is 0 Å². The van der Waals surface area contributed by atoms with E-state index in [9.17, 15) is 4.79 Å². The molecule has 0 saturated heterocycles. The number of benzene rings is 1. The molecular weight excluding hydrogens is 248 g/mol. The normalized spacial score (nSPS) is 11.9. The van der Waals surface area contributed by atoms with Gasteiger partial charge in [-0.15, -0.1) is 0 Å². The van der Waals surface area contributed by atoms with Gasteiger partial charge < -0.3 is 5.32 Å². The number of carbonyl (C=O) groups excluding carboxylic acids is 1. The van der Waals surface area contributed by atoms with Crippen molar-refractivity contribution in [1.29, 1.82) is 0 Å². The van der Waals surface area contributed by atoms with Crippen LogP contribution in [0.25, 0.3) is 0 Å². The van der Waals surface area contributed by atoms with Crippen LogP contribution in [0.3, 0.4) is 0 Å². The highest BCUT2D eigenvalue weighted by molar-refractivity contribution is 5.79. The molecule has 0 aliphatic heterocycles. The predicted molar refractivity (Wildman–Crippen MR) is 80.4 cm³/mol. The number of aryl methyl sites for hydroxylation is 2. The molecule has 0 fully saturated rings. The summed E-state index contributed by atoms with van der Waals surface area (Å²) in [5.41, 5.74) is 4.38. The smallest absolute Gasteiger partial charge is 0.224 e. The Hall–Kier alpha value is -2.16. The molecule has 20 heavy (non-hydrogen) atoms. The van der Waals surface area contributed by atoms with E-state index in [1.165, 1.54) is 11.1 Å². The van der Waals surface area contributed by atoms with Gasteiger partial charge in [0, 0.05) is 6.20 Å². The van der Waals surface area contributed by atoms with Crippen molar-refractivity contribution in [2.45, 2.75) is 33.2 Å². The van der Waals surface area contributed by atoms with E-state index in [1.54, 1.807) is 6.20 Å². The molecule has 0 spiro atoms. The molecule has 1 atom stereocenters. The number of carbonyl (C=O) groups is 1. The van der Waals surface area contributed by atoms with Crippen molar-refractivity contribution in [3.8, 4) is 0 Å². The Balaban J connectivity index is 1.97. The highest BCUT2D eigenvalue weighted by atomic mass is 16.1. The first-order chi connectivity index (χ1) is 9.56. The molecule has 0 aliphatic carbocycles. The fourth-order valence-electron chi connectivity index (χ4n) is 2.10. The van der Waals surface area contributed by atoms with Crippen LogP contribution < -0.4 is 5.32 Å². The van der Waals surface area contributed by atoms with Crippen LogP contribution >= 0.6 is 0 Å². The van der Waals surface area contributed by atoms with Gasteiger partial charge in [-0.2, -0.15) is 0 Å². The summed E-state index contributed by atoms with van der Waals surface area (Å²) >= 11 is 0. The minimum absolute atomic E-state index is 0.0198. The lowest BCUT2D eigenvalue weighted by molar-refractivity contribution is -0.121. The number of nitrogens with zero attached hydrogens (tertiary/aromatic N) is 1. The SMILES string of the molecule is Cc1ccc(CC(=O)N[C@@H](C)c2ccccn2)cc1C. The lowest BCUT2D eigenvalue weighted by atomic mass is 10.0. The molecule has 0 saturated carbocycles. The number of amides is 1. The monoisotopic (exact) mass is 268 g/mol. The maximum Gasteiger partial charge on any atom is 0.224 e. The van der Waals surface area contributed by atoms with Crippen molar-refractivity contribution >= 4 is 5.91 Å². The maximum absolute atomic E-state index is 12.1. The lowest BCUT2D eigenvalue weighted by Gasteiger charge is -2.13. The Morgan fingerprint density at radius 2 is 2.00 bits per heavy atom. The van der Waals surface area contributed by atoms with Crippen LogP contribution in [0.15, 0.2) is 42.6 Å². The summed E-state index contributed by atoms with van der Waals surface area (Å²) in [6, 6.07) is 11.8. The molecular formula is C17H20N2O. The molecule has 1 aromatic heterocycles. The zero-order chi connectivity index (χ0) is 14.5. The van der Waals surface area contributed by atoms with E-state index >= 15 is 0 Å². The van der Waals surface area contributed by atoms with Crippen LogP contribution in [0.4, 0.5) is 0 Å². The van der Waals surface area contributed by atoms with Gasteiger partial charge in [0.2, 0.25) is 5.91 Å². The molecule has 0 aliphatic rings. The summed E-state index contributed by atoms with van der Waals surface area (Å²) in [5.74, 6) is 0.0198. The summed E-state index contributed by atoms with van der Waals surface area (Å²) in [5, 5.41) is 2.98. The second-order valence-corrected chi connectivity index (χ2v) is 5.14. The minimum Gasteiger partial charge on any atom is -0.348 e. The van der Waals surface area contributed by atoms with Crippen molar-refractivity contribution in [3.63, 3.8) is 0 Å². The zero-order valence-corrected chi connectivity index (χ0v) is 12.2. The average Bonchev–Trinajstić information content (AvgIpc) is 2.44. The van der Waals surface area contributed by atoms with Crippen LogP contribution in [-0.2, 0) is 11.2 Å². The minimum atomic E-state index is -0.0738. The second kappa shape index (κ2) is 6.33. The van der Waals surface area contributed by atoms with E-state index in [2.05, 4.69) is 36.3 Å². The van der Waals surface area contributed by atoms with Crippen molar-refractivity contribution in [1.82, 2.24) is 10.3 Å². The van der Waals surface area contributed by atoms with Crippen LogP contribution in [0, 0.1) is 13.8 Å². The highest BCUT2D eigenvalue weighted by Crippen LogP contribution is 2.12. The summed E-state index contributed by atoms with van der Waals surface area (Å²) in [4.78, 5) is 16.3. The first-order valence-corrected chi connectivity index (χ1v) is 6.82. The van der Waals surface area contributed by atoms with E-state index in [4.69, 9.17) is 0 Å². The molecule has 1 heterocycles. The number of rotatable bonds is 4. The van der Waals surface area contributed by atoms with Gasteiger partial charge in [0.05, 0.1) is 18.2 Å². The maximum atomic E-state index is 12.1. The standard InChI is InChI=1S/C17H20N2O/c1-12-7-8-15(10-13(12)2)11-17(20)19-14(3)16-6-4-5-9-18-16/h4-10,14H,11H2,1-3H3,(H,19,20)/t14-/m0/s1. The van der Waals surface area contributed by atoms with Crippen LogP contribution in [0.1, 0.15) is 35.3 Å². The number of aromatic nitrogens is 1. The van der Waals surface area contributed by atoms with Gasteiger partial charge in [-0.05, 0) is 49.6 Å². The number of hydrogen-bond donors (Lipinski definition) is 1. The van der Waals surface area contributed by atoms with Gasteiger partial charge in [-0.25, -0.2) is 0 Å². The Bertz CT molecular complexity index is 593. The molecule has 104 valence electrons.